The lowest BCUT2D eigenvalue weighted by Gasteiger charge is -2.26. The van der Waals surface area contributed by atoms with E-state index in [9.17, 15) is 9.18 Å². The maximum Gasteiger partial charge on any atom is 0.240 e. The Morgan fingerprint density at radius 3 is 2.50 bits per heavy atom. The molecule has 3 rings (SSSR count). The molecule has 1 saturated heterocycles. The number of halogens is 2. The van der Waals surface area contributed by atoms with Crippen molar-refractivity contribution in [2.75, 3.05) is 19.6 Å². The van der Waals surface area contributed by atoms with E-state index in [-0.39, 0.29) is 29.5 Å². The van der Waals surface area contributed by atoms with Gasteiger partial charge in [-0.25, -0.2) is 4.39 Å². The van der Waals surface area contributed by atoms with Crippen LogP contribution in [0.2, 0.25) is 0 Å². The summed E-state index contributed by atoms with van der Waals surface area (Å²) in [6.45, 7) is 4.03. The molecule has 2 N–H and O–H groups in total. The van der Waals surface area contributed by atoms with Crippen LogP contribution in [0.15, 0.2) is 59.5 Å². The van der Waals surface area contributed by atoms with E-state index in [4.69, 9.17) is 5.73 Å². The van der Waals surface area contributed by atoms with Crippen LogP contribution in [0, 0.1) is 11.2 Å². The number of carbonyl (C=O) groups is 1. The van der Waals surface area contributed by atoms with Gasteiger partial charge in [0.25, 0.3) is 0 Å². The van der Waals surface area contributed by atoms with Crippen LogP contribution in [0.1, 0.15) is 24.2 Å². The Morgan fingerprint density at radius 2 is 1.88 bits per heavy atom. The third kappa shape index (κ3) is 4.58. The fraction of sp³-hybridized carbons (Fsp3) is 0.350. The summed E-state index contributed by atoms with van der Waals surface area (Å²) >= 11 is 1.27. The Labute approximate surface area is 164 Å². The molecule has 1 amide bonds. The Balaban J connectivity index is 0.00000243. The lowest BCUT2D eigenvalue weighted by Crippen LogP contribution is -2.36. The third-order valence-electron chi connectivity index (χ3n) is 4.77. The van der Waals surface area contributed by atoms with Gasteiger partial charge in [0.1, 0.15) is 11.1 Å². The first kappa shape index (κ1) is 20.7. The average Bonchev–Trinajstić information content (AvgIpc) is 3.04. The number of carbonyl (C=O) groups excluding carboxylic acids is 1. The molecule has 1 heterocycles. The standard InChI is InChI=1S/C20H23FN2OS.ClH/c1-20(13-22)11-12-23(14-20)19(24)18(15-7-3-2-4-8-15)25-17-10-6-5-9-16(17)21;/h2-10,18H,11-14,22H2,1H3;1H. The maximum absolute atomic E-state index is 14.1. The van der Waals surface area contributed by atoms with E-state index in [2.05, 4.69) is 6.92 Å². The Kier molecular flexibility index (Phi) is 7.09. The molecule has 2 atom stereocenters. The zero-order chi connectivity index (χ0) is 17.9. The minimum absolute atomic E-state index is 0. The first-order valence-corrected chi connectivity index (χ1v) is 9.35. The van der Waals surface area contributed by atoms with Crippen molar-refractivity contribution in [2.24, 2.45) is 11.1 Å². The minimum Gasteiger partial charge on any atom is -0.341 e. The minimum atomic E-state index is -0.460. The first-order valence-electron chi connectivity index (χ1n) is 8.47. The summed E-state index contributed by atoms with van der Waals surface area (Å²) < 4.78 is 14.1. The lowest BCUT2D eigenvalue weighted by molar-refractivity contribution is -0.130. The SMILES string of the molecule is CC1(CN)CCN(C(=O)C(Sc2ccccc2F)c2ccccc2)C1.Cl. The van der Waals surface area contributed by atoms with E-state index >= 15 is 0 Å². The van der Waals surface area contributed by atoms with Crippen LogP contribution in [0.25, 0.3) is 0 Å². The van der Waals surface area contributed by atoms with Gasteiger partial charge in [-0.1, -0.05) is 49.4 Å². The van der Waals surface area contributed by atoms with Crippen LogP contribution in [0.3, 0.4) is 0 Å². The highest BCUT2D eigenvalue weighted by molar-refractivity contribution is 8.00. The predicted octanol–water partition coefficient (Wildman–Crippen LogP) is 4.28. The quantitative estimate of drug-likeness (QED) is 0.770. The van der Waals surface area contributed by atoms with Gasteiger partial charge < -0.3 is 10.6 Å². The first-order chi connectivity index (χ1) is 12.0. The highest BCUT2D eigenvalue weighted by Gasteiger charge is 2.38. The fourth-order valence-electron chi connectivity index (χ4n) is 3.10. The summed E-state index contributed by atoms with van der Waals surface area (Å²) in [5, 5.41) is -0.460. The average molecular weight is 395 g/mol. The topological polar surface area (TPSA) is 46.3 Å². The van der Waals surface area contributed by atoms with Gasteiger partial charge in [-0.05, 0) is 36.1 Å². The van der Waals surface area contributed by atoms with E-state index < -0.39 is 5.25 Å². The molecule has 1 aliphatic rings. The second kappa shape index (κ2) is 8.89. The van der Waals surface area contributed by atoms with Gasteiger partial charge in [0.2, 0.25) is 5.91 Å². The van der Waals surface area contributed by atoms with Crippen molar-refractivity contribution in [3.05, 3.63) is 66.0 Å². The van der Waals surface area contributed by atoms with Crippen molar-refractivity contribution in [1.29, 1.82) is 0 Å². The molecule has 0 aromatic heterocycles. The van der Waals surface area contributed by atoms with Crippen LogP contribution in [0.4, 0.5) is 4.39 Å². The molecule has 2 aromatic rings. The largest absolute Gasteiger partial charge is 0.341 e. The maximum atomic E-state index is 14.1. The summed E-state index contributed by atoms with van der Waals surface area (Å²) in [6, 6.07) is 16.2. The smallest absolute Gasteiger partial charge is 0.240 e. The number of nitrogens with zero attached hydrogens (tertiary/aromatic N) is 1. The fourth-order valence-corrected chi connectivity index (χ4v) is 4.24. The van der Waals surface area contributed by atoms with Crippen LogP contribution in [0.5, 0.6) is 0 Å². The highest BCUT2D eigenvalue weighted by Crippen LogP contribution is 2.40. The van der Waals surface area contributed by atoms with Gasteiger partial charge in [0.15, 0.2) is 0 Å². The number of hydrogen-bond donors (Lipinski definition) is 1. The molecule has 26 heavy (non-hydrogen) atoms. The number of rotatable bonds is 5. The Bertz CT molecular complexity index is 746. The van der Waals surface area contributed by atoms with Crippen molar-refractivity contribution < 1.29 is 9.18 Å². The van der Waals surface area contributed by atoms with E-state index in [0.29, 0.717) is 24.5 Å². The van der Waals surface area contributed by atoms with Crippen molar-refractivity contribution >= 4 is 30.1 Å². The highest BCUT2D eigenvalue weighted by atomic mass is 35.5. The molecule has 6 heteroatoms. The van der Waals surface area contributed by atoms with Crippen LogP contribution >= 0.6 is 24.2 Å². The normalized spacial score (nSPS) is 20.5. The molecule has 140 valence electrons. The van der Waals surface area contributed by atoms with Crippen molar-refractivity contribution in [3.63, 3.8) is 0 Å². The Hall–Kier alpha value is -1.56. The molecule has 3 nitrogen and oxygen atoms in total. The second-order valence-electron chi connectivity index (χ2n) is 6.86. The van der Waals surface area contributed by atoms with Crippen molar-refractivity contribution in [2.45, 2.75) is 23.5 Å². The molecule has 0 spiro atoms. The second-order valence-corrected chi connectivity index (χ2v) is 8.01. The molecule has 0 aliphatic carbocycles. The monoisotopic (exact) mass is 394 g/mol. The summed E-state index contributed by atoms with van der Waals surface area (Å²) in [5.41, 5.74) is 6.73. The van der Waals surface area contributed by atoms with Gasteiger partial charge in [0, 0.05) is 18.0 Å². The molecule has 1 aliphatic heterocycles. The van der Waals surface area contributed by atoms with Crippen LogP contribution in [-0.2, 0) is 4.79 Å². The molecule has 2 unspecified atom stereocenters. The molecular formula is C20H24ClFN2OS. The van der Waals surface area contributed by atoms with E-state index in [1.165, 1.54) is 17.8 Å². The van der Waals surface area contributed by atoms with Gasteiger partial charge in [0.05, 0.1) is 0 Å². The molecule has 0 saturated carbocycles. The number of hydrogen-bond acceptors (Lipinski definition) is 3. The summed E-state index contributed by atoms with van der Waals surface area (Å²) in [7, 11) is 0. The number of thioether (sulfide) groups is 1. The number of nitrogens with two attached hydrogens (primary N) is 1. The van der Waals surface area contributed by atoms with E-state index in [0.717, 1.165) is 12.0 Å². The predicted molar refractivity (Wildman–Crippen MR) is 107 cm³/mol. The lowest BCUT2D eigenvalue weighted by atomic mass is 9.90. The molecule has 1 fully saturated rings. The van der Waals surface area contributed by atoms with E-state index in [1.54, 1.807) is 18.2 Å². The Morgan fingerprint density at radius 1 is 1.23 bits per heavy atom. The third-order valence-corrected chi connectivity index (χ3v) is 6.06. The van der Waals surface area contributed by atoms with E-state index in [1.807, 2.05) is 35.2 Å². The van der Waals surface area contributed by atoms with Crippen LogP contribution < -0.4 is 5.73 Å². The number of amides is 1. The van der Waals surface area contributed by atoms with Gasteiger partial charge >= 0.3 is 0 Å². The van der Waals surface area contributed by atoms with Crippen molar-refractivity contribution in [1.82, 2.24) is 4.90 Å². The van der Waals surface area contributed by atoms with Gasteiger partial charge in [-0.3, -0.25) is 4.79 Å². The molecule has 0 bridgehead atoms. The molecule has 0 radical (unpaired) electrons. The van der Waals surface area contributed by atoms with Gasteiger partial charge in [-0.15, -0.1) is 24.2 Å². The summed E-state index contributed by atoms with van der Waals surface area (Å²) in [4.78, 5) is 15.6. The number of benzene rings is 2. The summed E-state index contributed by atoms with van der Waals surface area (Å²) in [6.07, 6.45) is 0.904. The van der Waals surface area contributed by atoms with Gasteiger partial charge in [-0.2, -0.15) is 0 Å². The molecular weight excluding hydrogens is 371 g/mol. The zero-order valence-electron chi connectivity index (χ0n) is 14.7. The molecule has 2 aromatic carbocycles. The summed E-state index contributed by atoms with van der Waals surface area (Å²) in [5.74, 6) is -0.272. The zero-order valence-corrected chi connectivity index (χ0v) is 16.4. The van der Waals surface area contributed by atoms with Crippen molar-refractivity contribution in [3.8, 4) is 0 Å². The van der Waals surface area contributed by atoms with Crippen LogP contribution in [-0.4, -0.2) is 30.4 Å². The number of likely N-dealkylation sites (tertiary alicyclic amines) is 1.